The van der Waals surface area contributed by atoms with Crippen LogP contribution in [0.25, 0.3) is 0 Å². The largest absolute Gasteiger partial charge is 0.302 e. The van der Waals surface area contributed by atoms with Crippen molar-refractivity contribution in [3.8, 4) is 0 Å². The van der Waals surface area contributed by atoms with Crippen molar-refractivity contribution < 1.29 is 14.4 Å². The summed E-state index contributed by atoms with van der Waals surface area (Å²) in [6.07, 6.45) is 2.57. The first kappa shape index (κ1) is 18.3. The van der Waals surface area contributed by atoms with Crippen LogP contribution in [0.15, 0.2) is 24.3 Å². The van der Waals surface area contributed by atoms with Gasteiger partial charge in [-0.15, -0.1) is 11.3 Å². The van der Waals surface area contributed by atoms with E-state index in [9.17, 15) is 14.4 Å². The number of carbonyl (C=O) groups excluding carboxylic acids is 3. The number of carbonyl (C=O) groups is 3. The molecule has 0 bridgehead atoms. The standard InChI is InChI=1S/C19H21N3O3S/c1-12-13(2)26-19(20-12)21-16(23)10-4-3-7-11-22-17(24)14-8-5-6-9-15(14)18(22)25/h5-6,8-9H,3-4,7,10-11H2,1-2H3,(H,20,21,23). The summed E-state index contributed by atoms with van der Waals surface area (Å²) in [5.74, 6) is -0.504. The summed E-state index contributed by atoms with van der Waals surface area (Å²) in [6, 6.07) is 6.89. The third kappa shape index (κ3) is 3.83. The number of nitrogens with one attached hydrogen (secondary N) is 1. The van der Waals surface area contributed by atoms with E-state index in [0.717, 1.165) is 17.0 Å². The zero-order valence-electron chi connectivity index (χ0n) is 14.9. The van der Waals surface area contributed by atoms with Crippen LogP contribution in [-0.4, -0.2) is 34.2 Å². The lowest BCUT2D eigenvalue weighted by molar-refractivity contribution is -0.116. The number of imide groups is 1. The molecule has 0 saturated heterocycles. The maximum atomic E-state index is 12.2. The molecule has 1 aliphatic heterocycles. The Kier molecular flexibility index (Phi) is 5.46. The van der Waals surface area contributed by atoms with Gasteiger partial charge >= 0.3 is 0 Å². The van der Waals surface area contributed by atoms with Crippen molar-refractivity contribution in [2.24, 2.45) is 0 Å². The number of unbranched alkanes of at least 4 members (excludes halogenated alkanes) is 2. The molecule has 1 aromatic heterocycles. The van der Waals surface area contributed by atoms with Crippen molar-refractivity contribution >= 4 is 34.2 Å². The fraction of sp³-hybridized carbons (Fsp3) is 0.368. The third-order valence-corrected chi connectivity index (χ3v) is 5.43. The summed E-state index contributed by atoms with van der Waals surface area (Å²) in [6.45, 7) is 4.28. The minimum Gasteiger partial charge on any atom is -0.302 e. The van der Waals surface area contributed by atoms with Gasteiger partial charge in [-0.05, 0) is 38.8 Å². The molecule has 0 fully saturated rings. The van der Waals surface area contributed by atoms with Crippen LogP contribution < -0.4 is 5.32 Å². The molecular formula is C19H21N3O3S. The van der Waals surface area contributed by atoms with E-state index >= 15 is 0 Å². The van der Waals surface area contributed by atoms with Crippen LogP contribution in [-0.2, 0) is 4.79 Å². The lowest BCUT2D eigenvalue weighted by Crippen LogP contribution is -2.30. The summed E-state index contributed by atoms with van der Waals surface area (Å²) in [4.78, 5) is 43.1. The van der Waals surface area contributed by atoms with Gasteiger partial charge < -0.3 is 5.32 Å². The van der Waals surface area contributed by atoms with Crippen molar-refractivity contribution in [3.05, 3.63) is 46.0 Å². The first-order valence-electron chi connectivity index (χ1n) is 8.66. The summed E-state index contributed by atoms with van der Waals surface area (Å²) in [5.41, 5.74) is 1.89. The van der Waals surface area contributed by atoms with Crippen molar-refractivity contribution in [2.75, 3.05) is 11.9 Å². The predicted octanol–water partition coefficient (Wildman–Crippen LogP) is 3.56. The molecule has 26 heavy (non-hydrogen) atoms. The van der Waals surface area contributed by atoms with Crippen LogP contribution >= 0.6 is 11.3 Å². The van der Waals surface area contributed by atoms with Crippen LogP contribution in [0.1, 0.15) is 57.0 Å². The fourth-order valence-corrected chi connectivity index (χ4v) is 3.71. The zero-order valence-corrected chi connectivity index (χ0v) is 15.7. The number of fused-ring (bicyclic) bond motifs is 1. The SMILES string of the molecule is Cc1nc(NC(=O)CCCCCN2C(=O)c3ccccc3C2=O)sc1C. The number of rotatable bonds is 7. The normalized spacial score (nSPS) is 13.2. The molecule has 6 nitrogen and oxygen atoms in total. The molecule has 3 amide bonds. The van der Waals surface area contributed by atoms with Gasteiger partial charge in [0.15, 0.2) is 5.13 Å². The highest BCUT2D eigenvalue weighted by Gasteiger charge is 2.34. The number of hydrogen-bond donors (Lipinski definition) is 1. The van der Waals surface area contributed by atoms with E-state index in [4.69, 9.17) is 0 Å². The molecular weight excluding hydrogens is 350 g/mol. The highest BCUT2D eigenvalue weighted by molar-refractivity contribution is 7.15. The molecule has 7 heteroatoms. The first-order chi connectivity index (χ1) is 12.5. The maximum absolute atomic E-state index is 12.2. The Bertz CT molecular complexity index is 805. The summed E-state index contributed by atoms with van der Waals surface area (Å²) in [5, 5.41) is 3.45. The van der Waals surface area contributed by atoms with E-state index in [1.54, 1.807) is 24.3 Å². The van der Waals surface area contributed by atoms with E-state index < -0.39 is 0 Å². The molecule has 0 spiro atoms. The Labute approximate surface area is 156 Å². The first-order valence-corrected chi connectivity index (χ1v) is 9.48. The molecule has 136 valence electrons. The Hall–Kier alpha value is -2.54. The lowest BCUT2D eigenvalue weighted by Gasteiger charge is -2.13. The van der Waals surface area contributed by atoms with Crippen LogP contribution in [0.5, 0.6) is 0 Å². The Morgan fingerprint density at radius 1 is 1.08 bits per heavy atom. The number of anilines is 1. The van der Waals surface area contributed by atoms with Gasteiger partial charge in [-0.1, -0.05) is 18.6 Å². The van der Waals surface area contributed by atoms with E-state index in [1.165, 1.54) is 16.2 Å². The van der Waals surface area contributed by atoms with Crippen molar-refractivity contribution in [1.82, 2.24) is 9.88 Å². The van der Waals surface area contributed by atoms with E-state index in [1.807, 2.05) is 13.8 Å². The van der Waals surface area contributed by atoms with E-state index in [-0.39, 0.29) is 17.7 Å². The van der Waals surface area contributed by atoms with Gasteiger partial charge in [0.2, 0.25) is 5.91 Å². The van der Waals surface area contributed by atoms with Gasteiger partial charge in [-0.25, -0.2) is 4.98 Å². The van der Waals surface area contributed by atoms with Crippen LogP contribution in [0.3, 0.4) is 0 Å². The molecule has 1 aliphatic rings. The molecule has 2 aromatic rings. The smallest absolute Gasteiger partial charge is 0.261 e. The second kappa shape index (κ2) is 7.78. The van der Waals surface area contributed by atoms with E-state index in [0.29, 0.717) is 42.1 Å². The van der Waals surface area contributed by atoms with Crippen molar-refractivity contribution in [2.45, 2.75) is 39.5 Å². The number of aromatic nitrogens is 1. The average Bonchev–Trinajstić information content (AvgIpc) is 3.05. The van der Waals surface area contributed by atoms with Gasteiger partial charge in [0.05, 0.1) is 16.8 Å². The second-order valence-electron chi connectivity index (χ2n) is 6.33. The number of amides is 3. The second-order valence-corrected chi connectivity index (χ2v) is 7.53. The highest BCUT2D eigenvalue weighted by atomic mass is 32.1. The van der Waals surface area contributed by atoms with Crippen LogP contribution in [0.4, 0.5) is 5.13 Å². The number of nitrogens with zero attached hydrogens (tertiary/aromatic N) is 2. The average molecular weight is 371 g/mol. The lowest BCUT2D eigenvalue weighted by atomic mass is 10.1. The molecule has 0 saturated carbocycles. The molecule has 0 atom stereocenters. The molecule has 0 radical (unpaired) electrons. The highest BCUT2D eigenvalue weighted by Crippen LogP contribution is 2.23. The van der Waals surface area contributed by atoms with Gasteiger partial charge in [-0.3, -0.25) is 19.3 Å². The Morgan fingerprint density at radius 2 is 1.73 bits per heavy atom. The summed E-state index contributed by atoms with van der Waals surface area (Å²) in [7, 11) is 0. The summed E-state index contributed by atoms with van der Waals surface area (Å²) >= 11 is 1.47. The van der Waals surface area contributed by atoms with Gasteiger partial charge in [0, 0.05) is 17.8 Å². The number of benzene rings is 1. The Balaban J connectivity index is 1.39. The van der Waals surface area contributed by atoms with E-state index in [2.05, 4.69) is 10.3 Å². The van der Waals surface area contributed by atoms with Crippen molar-refractivity contribution in [3.63, 3.8) is 0 Å². The summed E-state index contributed by atoms with van der Waals surface area (Å²) < 4.78 is 0. The molecule has 0 aliphatic carbocycles. The maximum Gasteiger partial charge on any atom is 0.261 e. The molecule has 2 heterocycles. The van der Waals surface area contributed by atoms with Crippen molar-refractivity contribution in [1.29, 1.82) is 0 Å². The van der Waals surface area contributed by atoms with Gasteiger partial charge in [-0.2, -0.15) is 0 Å². The third-order valence-electron chi connectivity index (χ3n) is 4.44. The molecule has 0 unspecified atom stereocenters. The van der Waals surface area contributed by atoms with Crippen LogP contribution in [0.2, 0.25) is 0 Å². The number of thiazole rings is 1. The predicted molar refractivity (Wildman–Crippen MR) is 100 cm³/mol. The minimum absolute atomic E-state index is 0.0560. The number of aryl methyl sites for hydroxylation is 2. The van der Waals surface area contributed by atoms with Gasteiger partial charge in [0.25, 0.3) is 11.8 Å². The quantitative estimate of drug-likeness (QED) is 0.596. The Morgan fingerprint density at radius 3 is 2.31 bits per heavy atom. The topological polar surface area (TPSA) is 79.4 Å². The molecule has 1 N–H and O–H groups in total. The molecule has 1 aromatic carbocycles. The zero-order chi connectivity index (χ0) is 18.7. The van der Waals surface area contributed by atoms with Gasteiger partial charge in [0.1, 0.15) is 0 Å². The fourth-order valence-electron chi connectivity index (χ4n) is 2.88. The monoisotopic (exact) mass is 371 g/mol. The number of hydrogen-bond acceptors (Lipinski definition) is 5. The molecule has 3 rings (SSSR count). The van der Waals surface area contributed by atoms with Crippen LogP contribution in [0, 0.1) is 13.8 Å². The minimum atomic E-state index is -0.224.